The minimum Gasteiger partial charge on any atom is -0.383 e. The van der Waals surface area contributed by atoms with Gasteiger partial charge in [0.05, 0.1) is 13.2 Å². The van der Waals surface area contributed by atoms with Crippen LogP contribution in [0.3, 0.4) is 0 Å². The van der Waals surface area contributed by atoms with Gasteiger partial charge in [-0.2, -0.15) is 0 Å². The van der Waals surface area contributed by atoms with E-state index in [0.29, 0.717) is 6.42 Å². The van der Waals surface area contributed by atoms with Crippen molar-refractivity contribution in [2.24, 2.45) is 0 Å². The molecule has 8 heteroatoms. The highest BCUT2D eigenvalue weighted by atomic mass is 16.5. The number of nitrogen functional groups attached to an aromatic ring is 1. The molecular formula is C25H30N4O4. The normalized spacial score (nSPS) is 10.9. The first kappa shape index (κ1) is 24.0. The lowest BCUT2D eigenvalue weighted by atomic mass is 10.0. The summed E-state index contributed by atoms with van der Waals surface area (Å²) in [4.78, 5) is 42.1. The molecule has 3 N–H and O–H groups in total. The molecule has 3 rings (SSSR count). The minimum atomic E-state index is -0.696. The molecule has 0 fully saturated rings. The fraction of sp³-hybridized carbons (Fsp3) is 0.320. The van der Waals surface area contributed by atoms with Crippen molar-refractivity contribution in [2.75, 3.05) is 30.9 Å². The molecule has 174 valence electrons. The highest BCUT2D eigenvalue weighted by Crippen LogP contribution is 2.20. The number of carbonyl (C=O) groups excluding carboxylic acids is 1. The number of nitrogens with zero attached hydrogens (tertiary/aromatic N) is 2. The molecule has 0 atom stereocenters. The van der Waals surface area contributed by atoms with Gasteiger partial charge in [0.15, 0.2) is 5.69 Å². The van der Waals surface area contributed by atoms with E-state index in [4.69, 9.17) is 10.5 Å². The Morgan fingerprint density at radius 1 is 1.12 bits per heavy atom. The molecule has 0 saturated heterocycles. The average Bonchev–Trinajstić information content (AvgIpc) is 2.78. The van der Waals surface area contributed by atoms with E-state index in [2.05, 4.69) is 11.1 Å². The Bertz CT molecular complexity index is 1230. The summed E-state index contributed by atoms with van der Waals surface area (Å²) in [6, 6.07) is 15.4. The van der Waals surface area contributed by atoms with Crippen molar-refractivity contribution in [3.63, 3.8) is 0 Å². The van der Waals surface area contributed by atoms with Crippen LogP contribution in [-0.4, -0.2) is 35.7 Å². The minimum absolute atomic E-state index is 0.0341. The fourth-order valence-corrected chi connectivity index (χ4v) is 3.81. The number of aromatic nitrogens is 2. The number of carbonyl (C=O) groups is 1. The highest BCUT2D eigenvalue weighted by Gasteiger charge is 2.24. The average molecular weight is 451 g/mol. The number of aromatic amines is 1. The largest absolute Gasteiger partial charge is 0.383 e. The molecule has 0 unspecified atom stereocenters. The fourth-order valence-electron chi connectivity index (χ4n) is 3.81. The summed E-state index contributed by atoms with van der Waals surface area (Å²) in [5, 5.41) is 0. The van der Waals surface area contributed by atoms with E-state index in [1.165, 1.54) is 16.6 Å². The first-order valence-electron chi connectivity index (χ1n) is 10.8. The predicted octanol–water partition coefficient (Wildman–Crippen LogP) is 2.40. The summed E-state index contributed by atoms with van der Waals surface area (Å²) in [6.07, 6.45) is 0.709. The smallest absolute Gasteiger partial charge is 0.330 e. The van der Waals surface area contributed by atoms with E-state index in [1.54, 1.807) is 0 Å². The molecular weight excluding hydrogens is 420 g/mol. The molecule has 1 aromatic heterocycles. The number of methoxy groups -OCH3 is 1. The van der Waals surface area contributed by atoms with Crippen LogP contribution >= 0.6 is 0 Å². The zero-order valence-corrected chi connectivity index (χ0v) is 19.3. The Balaban J connectivity index is 1.93. The zero-order valence-electron chi connectivity index (χ0n) is 19.3. The Labute approximate surface area is 192 Å². The van der Waals surface area contributed by atoms with Gasteiger partial charge >= 0.3 is 5.69 Å². The molecule has 2 aromatic carbocycles. The lowest BCUT2D eigenvalue weighted by Crippen LogP contribution is -2.42. The summed E-state index contributed by atoms with van der Waals surface area (Å²) in [5.74, 6) is -0.322. The third-order valence-electron chi connectivity index (χ3n) is 5.59. The summed E-state index contributed by atoms with van der Waals surface area (Å²) in [6.45, 7) is 4.56. The van der Waals surface area contributed by atoms with E-state index < -0.39 is 11.2 Å². The Kier molecular flexibility index (Phi) is 7.84. The summed E-state index contributed by atoms with van der Waals surface area (Å²) < 4.78 is 6.42. The molecule has 0 spiro atoms. The van der Waals surface area contributed by atoms with Crippen LogP contribution in [0, 0.1) is 13.8 Å². The van der Waals surface area contributed by atoms with Crippen molar-refractivity contribution in [1.82, 2.24) is 9.55 Å². The Morgan fingerprint density at radius 3 is 2.52 bits per heavy atom. The maximum absolute atomic E-state index is 13.2. The quantitative estimate of drug-likeness (QED) is 0.520. The van der Waals surface area contributed by atoms with Gasteiger partial charge < -0.3 is 15.4 Å². The van der Waals surface area contributed by atoms with Crippen LogP contribution in [0.2, 0.25) is 0 Å². The molecule has 33 heavy (non-hydrogen) atoms. The first-order chi connectivity index (χ1) is 15.8. The lowest BCUT2D eigenvalue weighted by Gasteiger charge is -2.24. The highest BCUT2D eigenvalue weighted by molar-refractivity contribution is 5.95. The molecule has 0 aliphatic carbocycles. The third-order valence-corrected chi connectivity index (χ3v) is 5.59. The van der Waals surface area contributed by atoms with Gasteiger partial charge in [-0.05, 0) is 37.0 Å². The van der Waals surface area contributed by atoms with Gasteiger partial charge in [-0.15, -0.1) is 0 Å². The van der Waals surface area contributed by atoms with Crippen LogP contribution < -0.4 is 21.9 Å². The Morgan fingerprint density at radius 2 is 1.85 bits per heavy atom. The number of benzene rings is 2. The number of H-pyrrole nitrogens is 1. The second-order valence-corrected chi connectivity index (χ2v) is 8.03. The van der Waals surface area contributed by atoms with Crippen molar-refractivity contribution in [3.05, 3.63) is 91.6 Å². The number of hydrogen-bond acceptors (Lipinski definition) is 5. The molecule has 0 saturated carbocycles. The van der Waals surface area contributed by atoms with E-state index in [1.807, 2.05) is 56.3 Å². The van der Waals surface area contributed by atoms with Crippen molar-refractivity contribution in [2.45, 2.75) is 33.2 Å². The summed E-state index contributed by atoms with van der Waals surface area (Å²) in [7, 11) is 1.52. The number of hydrogen-bond donors (Lipinski definition) is 2. The standard InChI is InChI=1S/C25H30N4O4/c1-17-9-10-20(18(2)15-17)11-12-21(30)28(13-14-33-3)22-23(26)29(25(32)27-24(22)31)16-19-7-5-4-6-8-19/h4-10,15H,11-14,16,26H2,1-3H3,(H,27,31,32). The van der Waals surface area contributed by atoms with Crippen LogP contribution in [0.15, 0.2) is 58.1 Å². The van der Waals surface area contributed by atoms with Gasteiger partial charge in [0.2, 0.25) is 5.91 Å². The van der Waals surface area contributed by atoms with E-state index in [-0.39, 0.29) is 43.5 Å². The van der Waals surface area contributed by atoms with Crippen LogP contribution in [0.5, 0.6) is 0 Å². The Hall–Kier alpha value is -3.65. The molecule has 0 radical (unpaired) electrons. The monoisotopic (exact) mass is 450 g/mol. The van der Waals surface area contributed by atoms with Gasteiger partial charge in [0.25, 0.3) is 5.56 Å². The van der Waals surface area contributed by atoms with Crippen LogP contribution in [0.25, 0.3) is 0 Å². The van der Waals surface area contributed by atoms with Gasteiger partial charge in [0, 0.05) is 20.1 Å². The number of rotatable bonds is 9. The van der Waals surface area contributed by atoms with Crippen molar-refractivity contribution in [3.8, 4) is 0 Å². The molecule has 1 heterocycles. The van der Waals surface area contributed by atoms with E-state index in [9.17, 15) is 14.4 Å². The number of nitrogens with one attached hydrogen (secondary N) is 1. The predicted molar refractivity (Wildman–Crippen MR) is 130 cm³/mol. The SMILES string of the molecule is COCCN(C(=O)CCc1ccc(C)cc1C)c1c(N)n(Cc2ccccc2)c(=O)[nH]c1=O. The van der Waals surface area contributed by atoms with Gasteiger partial charge in [0.1, 0.15) is 5.82 Å². The van der Waals surface area contributed by atoms with Crippen molar-refractivity contribution < 1.29 is 9.53 Å². The molecule has 0 aliphatic rings. The second kappa shape index (κ2) is 10.8. The molecule has 8 nitrogen and oxygen atoms in total. The number of ether oxygens (including phenoxy) is 1. The number of nitrogens with two attached hydrogens (primary N) is 1. The van der Waals surface area contributed by atoms with Crippen molar-refractivity contribution >= 4 is 17.4 Å². The maximum atomic E-state index is 13.2. The molecule has 1 amide bonds. The topological polar surface area (TPSA) is 110 Å². The second-order valence-electron chi connectivity index (χ2n) is 8.03. The van der Waals surface area contributed by atoms with Crippen LogP contribution in [0.4, 0.5) is 11.5 Å². The molecule has 0 bridgehead atoms. The third kappa shape index (κ3) is 5.78. The number of aryl methyl sites for hydroxylation is 3. The van der Waals surface area contributed by atoms with Crippen LogP contribution in [-0.2, 0) is 22.5 Å². The summed E-state index contributed by atoms with van der Waals surface area (Å²) >= 11 is 0. The number of amides is 1. The lowest BCUT2D eigenvalue weighted by molar-refractivity contribution is -0.118. The maximum Gasteiger partial charge on any atom is 0.330 e. The molecule has 0 aliphatic heterocycles. The van der Waals surface area contributed by atoms with Crippen molar-refractivity contribution in [1.29, 1.82) is 0 Å². The van der Waals surface area contributed by atoms with E-state index >= 15 is 0 Å². The van der Waals surface area contributed by atoms with Gasteiger partial charge in [-0.25, -0.2) is 4.79 Å². The van der Waals surface area contributed by atoms with Gasteiger partial charge in [-0.3, -0.25) is 19.1 Å². The first-order valence-corrected chi connectivity index (χ1v) is 10.8. The zero-order chi connectivity index (χ0) is 24.0. The van der Waals surface area contributed by atoms with E-state index in [0.717, 1.165) is 22.3 Å². The van der Waals surface area contributed by atoms with Gasteiger partial charge in [-0.1, -0.05) is 54.1 Å². The summed E-state index contributed by atoms with van der Waals surface area (Å²) in [5.41, 5.74) is 9.12. The number of anilines is 2. The van der Waals surface area contributed by atoms with Crippen LogP contribution in [0.1, 0.15) is 28.7 Å². The molecule has 3 aromatic rings.